The summed E-state index contributed by atoms with van der Waals surface area (Å²) in [5, 5.41) is 0. The number of fused-ring (bicyclic) bond motifs is 4. The highest BCUT2D eigenvalue weighted by molar-refractivity contribution is 5.94. The summed E-state index contributed by atoms with van der Waals surface area (Å²) in [6, 6.07) is 7.46. The van der Waals surface area contributed by atoms with Gasteiger partial charge in [-0.15, -0.1) is 0 Å². The van der Waals surface area contributed by atoms with Crippen molar-refractivity contribution in [3.05, 3.63) is 57.6 Å². The lowest BCUT2D eigenvalue weighted by molar-refractivity contribution is 0.0338. The highest BCUT2D eigenvalue weighted by Crippen LogP contribution is 2.35. The van der Waals surface area contributed by atoms with Crippen molar-refractivity contribution < 1.29 is 9.53 Å². The third-order valence-electron chi connectivity index (χ3n) is 6.50. The minimum absolute atomic E-state index is 0.0167. The molecule has 0 radical (unpaired) electrons. The molecule has 8 nitrogen and oxygen atoms in total. The molecule has 3 aliphatic rings. The van der Waals surface area contributed by atoms with Crippen LogP contribution in [0.4, 0.5) is 5.82 Å². The lowest BCUT2D eigenvalue weighted by Gasteiger charge is -2.43. The summed E-state index contributed by atoms with van der Waals surface area (Å²) in [4.78, 5) is 34.4. The summed E-state index contributed by atoms with van der Waals surface area (Å²) in [6.45, 7) is 5.82. The van der Waals surface area contributed by atoms with Crippen molar-refractivity contribution in [3.8, 4) is 0 Å². The normalized spacial score (nSPS) is 23.8. The van der Waals surface area contributed by atoms with Gasteiger partial charge in [-0.1, -0.05) is 6.07 Å². The first-order valence-electron chi connectivity index (χ1n) is 10.6. The number of ether oxygens (including phenoxy) is 1. The molecule has 2 bridgehead atoms. The van der Waals surface area contributed by atoms with E-state index in [0.717, 1.165) is 44.0 Å². The largest absolute Gasteiger partial charge is 0.384 e. The van der Waals surface area contributed by atoms with E-state index in [1.54, 1.807) is 18.3 Å². The summed E-state index contributed by atoms with van der Waals surface area (Å²) in [5.74, 6) is 0.867. The Balaban J connectivity index is 1.36. The summed E-state index contributed by atoms with van der Waals surface area (Å²) in [6.07, 6.45) is 2.56. The zero-order valence-electron chi connectivity index (χ0n) is 17.0. The third kappa shape index (κ3) is 3.61. The first-order chi connectivity index (χ1) is 14.6. The van der Waals surface area contributed by atoms with E-state index in [1.165, 1.54) is 0 Å². The van der Waals surface area contributed by atoms with Gasteiger partial charge >= 0.3 is 0 Å². The number of pyridine rings is 2. The molecule has 2 fully saturated rings. The average molecular weight is 409 g/mol. The van der Waals surface area contributed by atoms with E-state index >= 15 is 0 Å². The van der Waals surface area contributed by atoms with Gasteiger partial charge in [-0.25, -0.2) is 4.98 Å². The van der Waals surface area contributed by atoms with E-state index in [4.69, 9.17) is 10.5 Å². The van der Waals surface area contributed by atoms with Crippen LogP contribution in [-0.4, -0.2) is 64.7 Å². The van der Waals surface area contributed by atoms with Gasteiger partial charge in [0, 0.05) is 62.6 Å². The lowest BCUT2D eigenvalue weighted by Crippen LogP contribution is -2.49. The predicted molar refractivity (Wildman–Crippen MR) is 112 cm³/mol. The van der Waals surface area contributed by atoms with Crippen molar-refractivity contribution in [3.63, 3.8) is 0 Å². The van der Waals surface area contributed by atoms with E-state index in [9.17, 15) is 9.59 Å². The summed E-state index contributed by atoms with van der Waals surface area (Å²) in [7, 11) is 0. The van der Waals surface area contributed by atoms with Gasteiger partial charge in [-0.05, 0) is 30.5 Å². The van der Waals surface area contributed by atoms with Gasteiger partial charge < -0.3 is 19.9 Å². The fourth-order valence-electron chi connectivity index (χ4n) is 4.99. The number of morpholine rings is 1. The smallest absolute Gasteiger partial charge is 0.255 e. The monoisotopic (exact) mass is 409 g/mol. The minimum atomic E-state index is -0.0167. The molecule has 8 heteroatoms. The maximum Gasteiger partial charge on any atom is 0.255 e. The molecule has 0 aromatic carbocycles. The first kappa shape index (κ1) is 19.3. The number of nitrogen functional groups attached to an aromatic ring is 1. The van der Waals surface area contributed by atoms with Crippen molar-refractivity contribution >= 4 is 11.7 Å². The zero-order valence-corrected chi connectivity index (χ0v) is 17.0. The van der Waals surface area contributed by atoms with Crippen LogP contribution in [0, 0.1) is 5.92 Å². The Morgan fingerprint density at radius 3 is 2.73 bits per heavy atom. The third-order valence-corrected chi connectivity index (χ3v) is 6.50. The molecule has 2 aromatic rings. The van der Waals surface area contributed by atoms with Crippen molar-refractivity contribution in [2.24, 2.45) is 5.92 Å². The number of amides is 1. The number of likely N-dealkylation sites (tertiary alicyclic amines) is 1. The van der Waals surface area contributed by atoms with Gasteiger partial charge in [0.2, 0.25) is 0 Å². The minimum Gasteiger partial charge on any atom is -0.384 e. The molecule has 2 aromatic heterocycles. The molecule has 2 atom stereocenters. The Morgan fingerprint density at radius 1 is 1.13 bits per heavy atom. The molecular weight excluding hydrogens is 382 g/mol. The average Bonchev–Trinajstić information content (AvgIpc) is 2.77. The molecule has 0 unspecified atom stereocenters. The van der Waals surface area contributed by atoms with Crippen LogP contribution < -0.4 is 11.3 Å². The number of rotatable bonds is 3. The highest BCUT2D eigenvalue weighted by atomic mass is 16.5. The van der Waals surface area contributed by atoms with Gasteiger partial charge in [0.15, 0.2) is 0 Å². The number of nitrogens with two attached hydrogens (primary N) is 1. The molecule has 0 aliphatic carbocycles. The molecule has 0 spiro atoms. The zero-order chi connectivity index (χ0) is 20.7. The van der Waals surface area contributed by atoms with Gasteiger partial charge in [0.25, 0.3) is 11.5 Å². The Kier molecular flexibility index (Phi) is 5.04. The van der Waals surface area contributed by atoms with E-state index in [1.807, 2.05) is 15.5 Å². The molecule has 0 saturated carbocycles. The van der Waals surface area contributed by atoms with Crippen LogP contribution in [0.2, 0.25) is 0 Å². The van der Waals surface area contributed by atoms with Gasteiger partial charge in [-0.2, -0.15) is 0 Å². The predicted octanol–water partition coefficient (Wildman–Crippen LogP) is 0.917. The van der Waals surface area contributed by atoms with E-state index in [0.29, 0.717) is 43.5 Å². The second-order valence-electron chi connectivity index (χ2n) is 8.57. The number of piperidine rings is 1. The fourth-order valence-corrected chi connectivity index (χ4v) is 4.99. The number of hydrogen-bond donors (Lipinski definition) is 1. The van der Waals surface area contributed by atoms with E-state index < -0.39 is 0 Å². The van der Waals surface area contributed by atoms with Gasteiger partial charge in [-0.3, -0.25) is 14.5 Å². The second kappa shape index (κ2) is 7.85. The van der Waals surface area contributed by atoms with Crippen LogP contribution in [0.1, 0.15) is 34.0 Å². The van der Waals surface area contributed by atoms with Crippen LogP contribution in [-0.2, 0) is 17.8 Å². The number of carbonyl (C=O) groups excluding carboxylic acids is 1. The Hall–Kier alpha value is -2.71. The lowest BCUT2D eigenvalue weighted by atomic mass is 9.82. The first-order valence-corrected chi connectivity index (χ1v) is 10.6. The van der Waals surface area contributed by atoms with Crippen molar-refractivity contribution in [1.29, 1.82) is 0 Å². The molecule has 158 valence electrons. The number of carbonyl (C=O) groups is 1. The van der Waals surface area contributed by atoms with Crippen LogP contribution >= 0.6 is 0 Å². The Labute approximate surface area is 175 Å². The van der Waals surface area contributed by atoms with Crippen molar-refractivity contribution in [2.75, 3.05) is 45.1 Å². The number of anilines is 1. The quantitative estimate of drug-likeness (QED) is 0.810. The van der Waals surface area contributed by atoms with E-state index in [-0.39, 0.29) is 17.4 Å². The fraction of sp³-hybridized carbons (Fsp3) is 0.500. The van der Waals surface area contributed by atoms with Crippen LogP contribution in [0.3, 0.4) is 0 Å². The molecule has 2 N–H and O–H groups in total. The summed E-state index contributed by atoms with van der Waals surface area (Å²) >= 11 is 0. The number of nitrogens with zero attached hydrogens (tertiary/aromatic N) is 4. The molecule has 5 rings (SSSR count). The molecule has 3 aliphatic heterocycles. The molecule has 2 saturated heterocycles. The van der Waals surface area contributed by atoms with Crippen LogP contribution in [0.5, 0.6) is 0 Å². The van der Waals surface area contributed by atoms with Crippen LogP contribution in [0.25, 0.3) is 0 Å². The van der Waals surface area contributed by atoms with E-state index in [2.05, 4.69) is 16.0 Å². The Morgan fingerprint density at radius 2 is 1.97 bits per heavy atom. The second-order valence-corrected chi connectivity index (χ2v) is 8.57. The summed E-state index contributed by atoms with van der Waals surface area (Å²) < 4.78 is 7.37. The topological polar surface area (TPSA) is 93.7 Å². The van der Waals surface area contributed by atoms with Gasteiger partial charge in [0.05, 0.1) is 18.8 Å². The van der Waals surface area contributed by atoms with Crippen LogP contribution in [0.15, 0.2) is 35.3 Å². The maximum absolute atomic E-state index is 13.2. The molecular formula is C22H27N5O3. The maximum atomic E-state index is 13.2. The molecule has 1 amide bonds. The Bertz CT molecular complexity index is 997. The number of aromatic nitrogens is 2. The van der Waals surface area contributed by atoms with Gasteiger partial charge in [0.1, 0.15) is 5.82 Å². The van der Waals surface area contributed by atoms with Crippen molar-refractivity contribution in [2.45, 2.75) is 25.4 Å². The number of hydrogen-bond acceptors (Lipinski definition) is 6. The van der Waals surface area contributed by atoms with Crippen molar-refractivity contribution in [1.82, 2.24) is 19.4 Å². The molecule has 30 heavy (non-hydrogen) atoms. The molecule has 5 heterocycles. The standard InChI is InChI=1S/C22H27N5O3/c23-20-4-2-16(10-24-20)21(28)26-11-15-9-18(14-26)19-3-1-17(22(29)27(19)12-15)13-25-5-7-30-8-6-25/h1-4,10,15,18H,5-9,11-14H2,(H2,23,24)/t15-,18+/m0/s1. The summed E-state index contributed by atoms with van der Waals surface area (Å²) in [5.41, 5.74) is 8.22. The SMILES string of the molecule is Nc1ccc(C(=O)N2C[C@@H]3C[C@H](C2)c2ccc(CN4CCOCC4)c(=O)n2C3)cn1. The highest BCUT2D eigenvalue weighted by Gasteiger charge is 2.37.